The number of amidine groups is 1. The van der Waals surface area contributed by atoms with E-state index in [1.54, 1.807) is 0 Å². The minimum Gasteiger partial charge on any atom is -0.387 e. The highest BCUT2D eigenvalue weighted by molar-refractivity contribution is 7.89. The second kappa shape index (κ2) is 4.40. The molecule has 0 amide bonds. The molecule has 0 aromatic carbocycles. The summed E-state index contributed by atoms with van der Waals surface area (Å²) in [5.74, 6) is -4.06. The molecule has 0 saturated heterocycles. The van der Waals surface area contributed by atoms with Gasteiger partial charge in [-0.05, 0) is 12.8 Å². The van der Waals surface area contributed by atoms with Crippen molar-refractivity contribution >= 4 is 15.9 Å². The molecule has 1 saturated carbocycles. The van der Waals surface area contributed by atoms with E-state index in [2.05, 4.69) is 0 Å². The van der Waals surface area contributed by atoms with Crippen molar-refractivity contribution < 1.29 is 17.2 Å². The van der Waals surface area contributed by atoms with E-state index in [4.69, 9.17) is 11.1 Å². The summed E-state index contributed by atoms with van der Waals surface area (Å²) in [6.45, 7) is 0. The summed E-state index contributed by atoms with van der Waals surface area (Å²) in [4.78, 5) is 0. The zero-order valence-electron chi connectivity index (χ0n) is 7.91. The number of rotatable bonds is 4. The van der Waals surface area contributed by atoms with Gasteiger partial charge in [-0.3, -0.25) is 5.41 Å². The van der Waals surface area contributed by atoms with Gasteiger partial charge in [-0.15, -0.1) is 0 Å². The Morgan fingerprint density at radius 3 is 2.53 bits per heavy atom. The number of halogens is 2. The highest BCUT2D eigenvalue weighted by Crippen LogP contribution is 2.26. The van der Waals surface area contributed by atoms with Gasteiger partial charge in [-0.25, -0.2) is 13.1 Å². The Bertz CT molecular complexity index is 344. The molecule has 2 atom stereocenters. The van der Waals surface area contributed by atoms with Gasteiger partial charge >= 0.3 is 5.76 Å². The summed E-state index contributed by atoms with van der Waals surface area (Å²) >= 11 is 0. The molecule has 0 aromatic heterocycles. The van der Waals surface area contributed by atoms with Crippen molar-refractivity contribution in [1.82, 2.24) is 4.72 Å². The van der Waals surface area contributed by atoms with Gasteiger partial charge in [0.1, 0.15) is 0 Å². The lowest BCUT2D eigenvalue weighted by molar-refractivity contribution is 0.231. The van der Waals surface area contributed by atoms with Gasteiger partial charge in [0.25, 0.3) is 10.0 Å². The van der Waals surface area contributed by atoms with Gasteiger partial charge in [-0.2, -0.15) is 8.78 Å². The Hall–Kier alpha value is -0.760. The molecule has 15 heavy (non-hydrogen) atoms. The van der Waals surface area contributed by atoms with Crippen LogP contribution in [0.5, 0.6) is 0 Å². The van der Waals surface area contributed by atoms with Gasteiger partial charge in [0, 0.05) is 12.0 Å². The molecule has 1 aliphatic carbocycles. The summed E-state index contributed by atoms with van der Waals surface area (Å²) in [6.07, 6.45) is 1.68. The van der Waals surface area contributed by atoms with Crippen LogP contribution in [0.15, 0.2) is 0 Å². The van der Waals surface area contributed by atoms with Crippen molar-refractivity contribution in [2.75, 3.05) is 0 Å². The van der Waals surface area contributed by atoms with Crippen LogP contribution in [0.25, 0.3) is 0 Å². The van der Waals surface area contributed by atoms with Crippen molar-refractivity contribution in [3.8, 4) is 0 Å². The fraction of sp³-hybridized carbons (Fsp3) is 0.857. The highest BCUT2D eigenvalue weighted by Gasteiger charge is 2.35. The number of hydrogen-bond donors (Lipinski definition) is 3. The Morgan fingerprint density at radius 2 is 2.07 bits per heavy atom. The maximum atomic E-state index is 12.1. The molecule has 8 heteroatoms. The smallest absolute Gasteiger partial charge is 0.350 e. The first-order chi connectivity index (χ1) is 6.84. The first-order valence-electron chi connectivity index (χ1n) is 4.48. The second-order valence-corrected chi connectivity index (χ2v) is 5.20. The lowest BCUT2D eigenvalue weighted by atomic mass is 10.0. The van der Waals surface area contributed by atoms with Gasteiger partial charge < -0.3 is 5.73 Å². The molecule has 88 valence electrons. The van der Waals surface area contributed by atoms with Crippen molar-refractivity contribution in [1.29, 1.82) is 5.41 Å². The molecular weight excluding hydrogens is 228 g/mol. The van der Waals surface area contributed by atoms with Crippen LogP contribution in [-0.4, -0.2) is 26.1 Å². The molecule has 2 unspecified atom stereocenters. The van der Waals surface area contributed by atoms with Gasteiger partial charge in [0.2, 0.25) is 0 Å². The highest BCUT2D eigenvalue weighted by atomic mass is 32.2. The number of nitrogens with two attached hydrogens (primary N) is 1. The van der Waals surface area contributed by atoms with Crippen LogP contribution >= 0.6 is 0 Å². The van der Waals surface area contributed by atoms with Crippen LogP contribution in [0.2, 0.25) is 0 Å². The molecule has 0 aromatic rings. The van der Waals surface area contributed by atoms with Gasteiger partial charge in [0.15, 0.2) is 0 Å². The molecule has 0 radical (unpaired) electrons. The number of sulfonamides is 1. The molecule has 0 aliphatic heterocycles. The van der Waals surface area contributed by atoms with Crippen LogP contribution in [0, 0.1) is 11.3 Å². The molecule has 5 nitrogen and oxygen atoms in total. The lowest BCUT2D eigenvalue weighted by Gasteiger charge is -2.19. The molecule has 1 fully saturated rings. The summed E-state index contributed by atoms with van der Waals surface area (Å²) in [6, 6.07) is -0.665. The summed E-state index contributed by atoms with van der Waals surface area (Å²) < 4.78 is 47.8. The number of alkyl halides is 2. The maximum absolute atomic E-state index is 12.1. The summed E-state index contributed by atoms with van der Waals surface area (Å²) in [5, 5.41) is 7.19. The van der Waals surface area contributed by atoms with E-state index >= 15 is 0 Å². The average molecular weight is 241 g/mol. The SMILES string of the molecule is N=C(N)C1CCCC1NS(=O)(=O)C(F)F. The second-order valence-electron chi connectivity index (χ2n) is 3.52. The number of hydrogen-bond acceptors (Lipinski definition) is 3. The van der Waals surface area contributed by atoms with Crippen LogP contribution < -0.4 is 10.5 Å². The maximum Gasteiger partial charge on any atom is 0.350 e. The Labute approximate surface area is 86.6 Å². The van der Waals surface area contributed by atoms with Crippen molar-refractivity contribution in [3.63, 3.8) is 0 Å². The molecule has 1 aliphatic rings. The van der Waals surface area contributed by atoms with E-state index in [0.29, 0.717) is 19.3 Å². The summed E-state index contributed by atoms with van der Waals surface area (Å²) in [7, 11) is -4.58. The van der Waals surface area contributed by atoms with E-state index < -0.39 is 27.7 Å². The van der Waals surface area contributed by atoms with E-state index in [1.807, 2.05) is 4.72 Å². The van der Waals surface area contributed by atoms with Crippen molar-refractivity contribution in [3.05, 3.63) is 0 Å². The van der Waals surface area contributed by atoms with E-state index in [0.717, 1.165) is 0 Å². The molecular formula is C7H13F2N3O2S. The Morgan fingerprint density at radius 1 is 1.47 bits per heavy atom. The predicted molar refractivity (Wildman–Crippen MR) is 51.1 cm³/mol. The Balaban J connectivity index is 2.70. The van der Waals surface area contributed by atoms with E-state index in [9.17, 15) is 17.2 Å². The van der Waals surface area contributed by atoms with Gasteiger partial charge in [-0.1, -0.05) is 6.42 Å². The quantitative estimate of drug-likeness (QED) is 0.485. The standard InChI is InChI=1S/C7H13F2N3O2S/c8-7(9)15(13,14)12-5-3-1-2-4(5)6(10)11/h4-5,7,12H,1-3H2,(H3,10,11). The van der Waals surface area contributed by atoms with Crippen LogP contribution in [0.4, 0.5) is 8.78 Å². The third kappa shape index (κ3) is 2.85. The van der Waals surface area contributed by atoms with E-state index in [-0.39, 0.29) is 5.84 Å². The third-order valence-corrected chi connectivity index (χ3v) is 3.57. The van der Waals surface area contributed by atoms with Crippen LogP contribution in [-0.2, 0) is 10.0 Å². The normalized spacial score (nSPS) is 27.1. The molecule has 1 rings (SSSR count). The topological polar surface area (TPSA) is 96.0 Å². The minimum absolute atomic E-state index is 0.158. The zero-order chi connectivity index (χ0) is 11.6. The van der Waals surface area contributed by atoms with Crippen LogP contribution in [0.3, 0.4) is 0 Å². The van der Waals surface area contributed by atoms with Gasteiger partial charge in [0.05, 0.1) is 5.84 Å². The fourth-order valence-corrected chi connectivity index (χ4v) is 2.54. The van der Waals surface area contributed by atoms with Crippen molar-refractivity contribution in [2.24, 2.45) is 11.7 Å². The first-order valence-corrected chi connectivity index (χ1v) is 6.02. The molecule has 0 heterocycles. The average Bonchev–Trinajstić information content (AvgIpc) is 2.51. The fourth-order valence-electron chi connectivity index (χ4n) is 1.74. The molecule has 0 bridgehead atoms. The number of nitrogens with one attached hydrogen (secondary N) is 2. The monoisotopic (exact) mass is 241 g/mol. The lowest BCUT2D eigenvalue weighted by Crippen LogP contribution is -2.43. The van der Waals surface area contributed by atoms with Crippen molar-refractivity contribution in [2.45, 2.75) is 31.1 Å². The summed E-state index contributed by atoms with van der Waals surface area (Å²) in [5.41, 5.74) is 5.24. The molecule has 4 N–H and O–H groups in total. The predicted octanol–water partition coefficient (Wildman–Crippen LogP) is 0.233. The Kier molecular flexibility index (Phi) is 3.61. The largest absolute Gasteiger partial charge is 0.387 e. The minimum atomic E-state index is -4.58. The van der Waals surface area contributed by atoms with E-state index in [1.165, 1.54) is 0 Å². The molecule has 0 spiro atoms. The third-order valence-electron chi connectivity index (χ3n) is 2.47. The zero-order valence-corrected chi connectivity index (χ0v) is 8.73. The van der Waals surface area contributed by atoms with Crippen LogP contribution in [0.1, 0.15) is 19.3 Å². The first kappa shape index (κ1) is 12.3.